The van der Waals surface area contributed by atoms with Crippen LogP contribution in [0.25, 0.3) is 10.9 Å². The van der Waals surface area contributed by atoms with Crippen molar-refractivity contribution in [3.8, 4) is 0 Å². The molecular weight excluding hydrogens is 386 g/mol. The zero-order valence-electron chi connectivity index (χ0n) is 17.2. The van der Waals surface area contributed by atoms with Gasteiger partial charge >= 0.3 is 5.97 Å². The highest BCUT2D eigenvalue weighted by Gasteiger charge is 2.24. The Morgan fingerprint density at radius 3 is 2.76 bits per heavy atom. The quantitative estimate of drug-likeness (QED) is 0.401. The van der Waals surface area contributed by atoms with Gasteiger partial charge in [-0.2, -0.15) is 0 Å². The van der Waals surface area contributed by atoms with E-state index in [1.54, 1.807) is 18.7 Å². The Balaban J connectivity index is 1.85. The van der Waals surface area contributed by atoms with Crippen LogP contribution in [0.1, 0.15) is 54.0 Å². The van der Waals surface area contributed by atoms with E-state index in [1.807, 2.05) is 30.5 Å². The Morgan fingerprint density at radius 1 is 1.21 bits per heavy atom. The van der Waals surface area contributed by atoms with Crippen LogP contribution in [-0.4, -0.2) is 35.0 Å². The summed E-state index contributed by atoms with van der Waals surface area (Å²) in [6.07, 6.45) is 5.17. The van der Waals surface area contributed by atoms with E-state index in [9.17, 15) is 9.59 Å². The number of fused-ring (bicyclic) bond motifs is 1. The monoisotopic (exact) mass is 413 g/mol. The first-order valence-corrected chi connectivity index (χ1v) is 10.9. The fourth-order valence-electron chi connectivity index (χ4n) is 3.27. The summed E-state index contributed by atoms with van der Waals surface area (Å²) in [6, 6.07) is 7.95. The van der Waals surface area contributed by atoms with Gasteiger partial charge in [-0.1, -0.05) is 49.3 Å². The number of amides is 1. The average Bonchev–Trinajstić information content (AvgIpc) is 3.29. The van der Waals surface area contributed by atoms with Crippen LogP contribution in [0.4, 0.5) is 5.13 Å². The number of unbranched alkanes of at least 4 members (excludes halogenated alkanes) is 2. The Labute approximate surface area is 174 Å². The molecule has 0 radical (unpaired) electrons. The first-order chi connectivity index (χ1) is 14.0. The maximum Gasteiger partial charge on any atom is 0.350 e. The zero-order valence-corrected chi connectivity index (χ0v) is 18.0. The largest absolute Gasteiger partial charge is 0.462 e. The van der Waals surface area contributed by atoms with Gasteiger partial charge < -0.3 is 9.72 Å². The molecule has 0 aliphatic heterocycles. The number of aromatic amines is 1. The highest BCUT2D eigenvalue weighted by Crippen LogP contribution is 2.28. The third-order valence-electron chi connectivity index (χ3n) is 4.78. The molecule has 29 heavy (non-hydrogen) atoms. The van der Waals surface area contributed by atoms with Crippen molar-refractivity contribution in [2.24, 2.45) is 0 Å². The van der Waals surface area contributed by atoms with Gasteiger partial charge in [-0.15, -0.1) is 0 Å². The Morgan fingerprint density at radius 2 is 2.00 bits per heavy atom. The second kappa shape index (κ2) is 9.69. The summed E-state index contributed by atoms with van der Waals surface area (Å²) >= 11 is 1.23. The number of aromatic nitrogens is 2. The maximum absolute atomic E-state index is 13.2. The highest BCUT2D eigenvalue weighted by molar-refractivity contribution is 7.17. The van der Waals surface area contributed by atoms with E-state index >= 15 is 0 Å². The summed E-state index contributed by atoms with van der Waals surface area (Å²) in [5.41, 5.74) is 2.58. The van der Waals surface area contributed by atoms with Gasteiger partial charge in [0.15, 0.2) is 5.13 Å². The van der Waals surface area contributed by atoms with Gasteiger partial charge in [-0.3, -0.25) is 9.69 Å². The van der Waals surface area contributed by atoms with Crippen LogP contribution in [0.15, 0.2) is 30.5 Å². The molecule has 1 amide bonds. The van der Waals surface area contributed by atoms with Crippen molar-refractivity contribution in [3.05, 3.63) is 46.6 Å². The molecule has 7 heteroatoms. The third kappa shape index (κ3) is 4.85. The van der Waals surface area contributed by atoms with Crippen LogP contribution >= 0.6 is 11.3 Å². The van der Waals surface area contributed by atoms with Gasteiger partial charge in [-0.05, 0) is 31.9 Å². The minimum absolute atomic E-state index is 0.0185. The summed E-state index contributed by atoms with van der Waals surface area (Å²) in [5.74, 6) is -0.402. The van der Waals surface area contributed by atoms with E-state index in [0.717, 1.165) is 35.7 Å². The van der Waals surface area contributed by atoms with Gasteiger partial charge in [0.25, 0.3) is 0 Å². The summed E-state index contributed by atoms with van der Waals surface area (Å²) in [6.45, 7) is 6.58. The summed E-state index contributed by atoms with van der Waals surface area (Å²) in [5, 5.41) is 1.61. The standard InChI is InChI=1S/C22H27N3O3S/c1-4-6-9-12-25(22-24-15(3)20(29-22)21(27)28-5-2)19(26)13-16-14-23-18-11-8-7-10-17(16)18/h7-8,10-11,14,23H,4-6,9,12-13H2,1-3H3. The molecule has 0 saturated heterocycles. The smallest absolute Gasteiger partial charge is 0.350 e. The summed E-state index contributed by atoms with van der Waals surface area (Å²) < 4.78 is 5.12. The van der Waals surface area contributed by atoms with Crippen LogP contribution in [0.2, 0.25) is 0 Å². The molecular formula is C22H27N3O3S. The number of anilines is 1. The number of H-pyrrole nitrogens is 1. The number of rotatable bonds is 9. The fourth-order valence-corrected chi connectivity index (χ4v) is 4.27. The number of carbonyl (C=O) groups is 2. The Bertz CT molecular complexity index is 992. The van der Waals surface area contributed by atoms with Crippen LogP contribution < -0.4 is 4.90 Å². The number of ether oxygens (including phenoxy) is 1. The summed E-state index contributed by atoms with van der Waals surface area (Å²) in [4.78, 5) is 35.3. The van der Waals surface area contributed by atoms with Crippen LogP contribution in [-0.2, 0) is 16.0 Å². The topological polar surface area (TPSA) is 75.3 Å². The number of benzene rings is 1. The molecule has 1 N–H and O–H groups in total. The van der Waals surface area contributed by atoms with E-state index < -0.39 is 0 Å². The molecule has 3 aromatic rings. The van der Waals surface area contributed by atoms with E-state index in [2.05, 4.69) is 16.9 Å². The van der Waals surface area contributed by atoms with Crippen LogP contribution in [0, 0.1) is 6.92 Å². The van der Waals surface area contributed by atoms with Crippen molar-refractivity contribution in [2.75, 3.05) is 18.1 Å². The lowest BCUT2D eigenvalue weighted by Crippen LogP contribution is -2.33. The highest BCUT2D eigenvalue weighted by atomic mass is 32.1. The van der Waals surface area contributed by atoms with Gasteiger partial charge in [0.1, 0.15) is 4.88 Å². The molecule has 2 aromatic heterocycles. The van der Waals surface area contributed by atoms with Crippen molar-refractivity contribution in [1.29, 1.82) is 0 Å². The number of nitrogens with zero attached hydrogens (tertiary/aromatic N) is 2. The molecule has 0 spiro atoms. The number of para-hydroxylation sites is 1. The van der Waals surface area contributed by atoms with E-state index in [4.69, 9.17) is 4.74 Å². The van der Waals surface area contributed by atoms with Gasteiger partial charge in [-0.25, -0.2) is 9.78 Å². The van der Waals surface area contributed by atoms with Gasteiger partial charge in [0.2, 0.25) is 5.91 Å². The Kier molecular flexibility index (Phi) is 7.04. The number of aryl methyl sites for hydroxylation is 1. The number of hydrogen-bond acceptors (Lipinski definition) is 5. The van der Waals surface area contributed by atoms with Gasteiger partial charge in [0, 0.05) is 23.6 Å². The van der Waals surface area contributed by atoms with E-state index in [1.165, 1.54) is 11.3 Å². The SMILES string of the molecule is CCCCCN(C(=O)Cc1c[nH]c2ccccc12)c1nc(C)c(C(=O)OCC)s1. The molecule has 0 aliphatic rings. The lowest BCUT2D eigenvalue weighted by molar-refractivity contribution is -0.118. The normalized spacial score (nSPS) is 11.0. The molecule has 0 aliphatic carbocycles. The number of thiazole rings is 1. The van der Waals surface area contributed by atoms with Crippen molar-refractivity contribution in [2.45, 2.75) is 46.5 Å². The van der Waals surface area contributed by atoms with Crippen molar-refractivity contribution in [1.82, 2.24) is 9.97 Å². The molecule has 2 heterocycles. The first-order valence-electron chi connectivity index (χ1n) is 10.0. The fraction of sp³-hybridized carbons (Fsp3) is 0.409. The predicted molar refractivity (Wildman–Crippen MR) is 117 cm³/mol. The number of hydrogen-bond donors (Lipinski definition) is 1. The maximum atomic E-state index is 13.2. The lowest BCUT2D eigenvalue weighted by atomic mass is 10.1. The van der Waals surface area contributed by atoms with Crippen LogP contribution in [0.5, 0.6) is 0 Å². The molecule has 0 atom stereocenters. The van der Waals surface area contributed by atoms with E-state index in [-0.39, 0.29) is 18.3 Å². The second-order valence-electron chi connectivity index (χ2n) is 6.92. The zero-order chi connectivity index (χ0) is 20.8. The molecule has 154 valence electrons. The summed E-state index contributed by atoms with van der Waals surface area (Å²) in [7, 11) is 0. The molecule has 1 aromatic carbocycles. The van der Waals surface area contributed by atoms with Crippen molar-refractivity contribution in [3.63, 3.8) is 0 Å². The molecule has 6 nitrogen and oxygen atoms in total. The van der Waals surface area contributed by atoms with E-state index in [0.29, 0.717) is 28.9 Å². The number of nitrogens with one attached hydrogen (secondary N) is 1. The number of esters is 1. The van der Waals surface area contributed by atoms with Gasteiger partial charge in [0.05, 0.1) is 18.7 Å². The molecule has 0 bridgehead atoms. The number of carbonyl (C=O) groups excluding carboxylic acids is 2. The second-order valence-corrected chi connectivity index (χ2v) is 7.90. The average molecular weight is 414 g/mol. The molecule has 0 fully saturated rings. The molecule has 0 saturated carbocycles. The third-order valence-corrected chi connectivity index (χ3v) is 5.94. The molecule has 3 rings (SSSR count). The Hall–Kier alpha value is -2.67. The minimum Gasteiger partial charge on any atom is -0.462 e. The molecule has 0 unspecified atom stereocenters. The lowest BCUT2D eigenvalue weighted by Gasteiger charge is -2.19. The predicted octanol–water partition coefficient (Wildman–Crippen LogP) is 4.88. The first kappa shape index (κ1) is 21.0. The minimum atomic E-state index is -0.383. The van der Waals surface area contributed by atoms with Crippen LogP contribution in [0.3, 0.4) is 0 Å². The van der Waals surface area contributed by atoms with Crippen molar-refractivity contribution < 1.29 is 14.3 Å². The van der Waals surface area contributed by atoms with Crippen molar-refractivity contribution >= 4 is 39.2 Å².